The summed E-state index contributed by atoms with van der Waals surface area (Å²) in [5.74, 6) is 1.04. The molecule has 0 saturated carbocycles. The Hall–Kier alpha value is -3.06. The molecule has 7 nitrogen and oxygen atoms in total. The predicted molar refractivity (Wildman–Crippen MR) is 110 cm³/mol. The average molecular weight is 397 g/mol. The molecule has 29 heavy (non-hydrogen) atoms. The molecule has 2 aromatic carbocycles. The summed E-state index contributed by atoms with van der Waals surface area (Å²) >= 11 is 0. The van der Waals surface area contributed by atoms with Crippen molar-refractivity contribution in [2.75, 3.05) is 27.3 Å². The molecule has 0 radical (unpaired) electrons. The van der Waals surface area contributed by atoms with Gasteiger partial charge in [0.15, 0.2) is 0 Å². The summed E-state index contributed by atoms with van der Waals surface area (Å²) in [5.41, 5.74) is 1.99. The maximum Gasteiger partial charge on any atom is 0.237 e. The third kappa shape index (κ3) is 5.71. The summed E-state index contributed by atoms with van der Waals surface area (Å²) in [6.45, 7) is 2.28. The number of amides is 2. The van der Waals surface area contributed by atoms with E-state index in [1.54, 1.807) is 20.3 Å². The van der Waals surface area contributed by atoms with Gasteiger partial charge in [0.2, 0.25) is 11.8 Å². The van der Waals surface area contributed by atoms with E-state index in [0.717, 1.165) is 11.1 Å². The molecule has 1 fully saturated rings. The maximum absolute atomic E-state index is 12.6. The minimum Gasteiger partial charge on any atom is -0.497 e. The summed E-state index contributed by atoms with van der Waals surface area (Å²) in [6.07, 6.45) is 0.111. The molecule has 1 atom stereocenters. The van der Waals surface area contributed by atoms with E-state index in [2.05, 4.69) is 15.5 Å². The number of nitrogens with zero attached hydrogens (tertiary/aromatic N) is 1. The van der Waals surface area contributed by atoms with Crippen LogP contribution in [-0.2, 0) is 22.7 Å². The van der Waals surface area contributed by atoms with Crippen LogP contribution in [0.3, 0.4) is 0 Å². The zero-order valence-corrected chi connectivity index (χ0v) is 16.8. The SMILES string of the molecule is COc1cc(CNC(=O)CC2C(=O)NCCN2Cc2ccccc2)cc(OC)c1. The normalized spacial score (nSPS) is 16.8. The van der Waals surface area contributed by atoms with Gasteiger partial charge in [0.05, 0.1) is 26.7 Å². The first kappa shape index (κ1) is 20.7. The molecule has 3 rings (SSSR count). The van der Waals surface area contributed by atoms with Crippen molar-refractivity contribution in [3.63, 3.8) is 0 Å². The Morgan fingerprint density at radius 2 is 1.79 bits per heavy atom. The molecule has 7 heteroatoms. The number of rotatable bonds is 8. The molecule has 2 amide bonds. The van der Waals surface area contributed by atoms with Crippen molar-refractivity contribution >= 4 is 11.8 Å². The molecule has 154 valence electrons. The Labute approximate surface area is 171 Å². The van der Waals surface area contributed by atoms with Crippen molar-refractivity contribution < 1.29 is 19.1 Å². The fourth-order valence-corrected chi connectivity index (χ4v) is 3.41. The molecule has 1 saturated heterocycles. The van der Waals surface area contributed by atoms with E-state index in [0.29, 0.717) is 37.7 Å². The van der Waals surface area contributed by atoms with Gasteiger partial charge in [-0.2, -0.15) is 0 Å². The highest BCUT2D eigenvalue weighted by Gasteiger charge is 2.31. The van der Waals surface area contributed by atoms with Crippen molar-refractivity contribution in [1.82, 2.24) is 15.5 Å². The minimum absolute atomic E-state index is 0.106. The second kappa shape index (κ2) is 9.93. The van der Waals surface area contributed by atoms with Crippen LogP contribution in [0, 0.1) is 0 Å². The zero-order valence-electron chi connectivity index (χ0n) is 16.8. The largest absolute Gasteiger partial charge is 0.497 e. The lowest BCUT2D eigenvalue weighted by atomic mass is 10.1. The highest BCUT2D eigenvalue weighted by Crippen LogP contribution is 2.22. The maximum atomic E-state index is 12.6. The predicted octanol–water partition coefficient (Wildman–Crippen LogP) is 1.71. The second-order valence-corrected chi connectivity index (χ2v) is 6.96. The van der Waals surface area contributed by atoms with Crippen molar-refractivity contribution in [3.05, 3.63) is 59.7 Å². The number of methoxy groups -OCH3 is 2. The van der Waals surface area contributed by atoms with E-state index in [4.69, 9.17) is 9.47 Å². The van der Waals surface area contributed by atoms with Gasteiger partial charge in [0.25, 0.3) is 0 Å². The zero-order chi connectivity index (χ0) is 20.6. The van der Waals surface area contributed by atoms with Crippen molar-refractivity contribution in [2.24, 2.45) is 0 Å². The van der Waals surface area contributed by atoms with Crippen molar-refractivity contribution in [1.29, 1.82) is 0 Å². The molecule has 0 bridgehead atoms. The van der Waals surface area contributed by atoms with E-state index in [-0.39, 0.29) is 18.2 Å². The lowest BCUT2D eigenvalue weighted by molar-refractivity contribution is -0.134. The van der Waals surface area contributed by atoms with Crippen LogP contribution >= 0.6 is 0 Å². The third-order valence-corrected chi connectivity index (χ3v) is 4.95. The highest BCUT2D eigenvalue weighted by molar-refractivity contribution is 5.88. The van der Waals surface area contributed by atoms with E-state index in [9.17, 15) is 9.59 Å². The topological polar surface area (TPSA) is 79.9 Å². The summed E-state index contributed by atoms with van der Waals surface area (Å²) in [5, 5.41) is 5.76. The van der Waals surface area contributed by atoms with Crippen LogP contribution in [0.15, 0.2) is 48.5 Å². The van der Waals surface area contributed by atoms with Crippen LogP contribution in [-0.4, -0.2) is 50.1 Å². The Morgan fingerprint density at radius 1 is 1.10 bits per heavy atom. The average Bonchev–Trinajstić information content (AvgIpc) is 2.75. The van der Waals surface area contributed by atoms with Gasteiger partial charge in [-0.1, -0.05) is 30.3 Å². The Bertz CT molecular complexity index is 819. The molecule has 1 aliphatic rings. The van der Waals surface area contributed by atoms with Gasteiger partial charge in [-0.05, 0) is 23.3 Å². The number of benzene rings is 2. The molecule has 0 spiro atoms. The second-order valence-electron chi connectivity index (χ2n) is 6.96. The summed E-state index contributed by atoms with van der Waals surface area (Å²) in [7, 11) is 3.17. The molecule has 2 aromatic rings. The number of nitrogens with one attached hydrogen (secondary N) is 2. The smallest absolute Gasteiger partial charge is 0.237 e. The summed E-state index contributed by atoms with van der Waals surface area (Å²) in [4.78, 5) is 27.0. The highest BCUT2D eigenvalue weighted by atomic mass is 16.5. The number of carbonyl (C=O) groups is 2. The van der Waals surface area contributed by atoms with Gasteiger partial charge in [0.1, 0.15) is 11.5 Å². The Morgan fingerprint density at radius 3 is 2.45 bits per heavy atom. The molecule has 1 heterocycles. The van der Waals surface area contributed by atoms with E-state index >= 15 is 0 Å². The number of carbonyl (C=O) groups excluding carboxylic acids is 2. The van der Waals surface area contributed by atoms with Crippen molar-refractivity contribution in [2.45, 2.75) is 25.6 Å². The molecule has 0 aromatic heterocycles. The minimum atomic E-state index is -0.483. The van der Waals surface area contributed by atoms with Gasteiger partial charge in [0, 0.05) is 32.2 Å². The molecule has 0 aliphatic carbocycles. The molecular weight excluding hydrogens is 370 g/mol. The van der Waals surface area contributed by atoms with Gasteiger partial charge < -0.3 is 20.1 Å². The summed E-state index contributed by atoms with van der Waals surface area (Å²) in [6, 6.07) is 15.0. The quantitative estimate of drug-likeness (QED) is 0.709. The molecule has 2 N–H and O–H groups in total. The fraction of sp³-hybridized carbons (Fsp3) is 0.364. The van der Waals surface area contributed by atoms with Crippen LogP contribution in [0.25, 0.3) is 0 Å². The van der Waals surface area contributed by atoms with Gasteiger partial charge in [-0.25, -0.2) is 0 Å². The van der Waals surface area contributed by atoms with Crippen LogP contribution in [0.2, 0.25) is 0 Å². The summed E-state index contributed by atoms with van der Waals surface area (Å²) < 4.78 is 10.5. The third-order valence-electron chi connectivity index (χ3n) is 4.95. The van der Waals surface area contributed by atoms with Gasteiger partial charge in [-0.15, -0.1) is 0 Å². The first-order valence-corrected chi connectivity index (χ1v) is 9.63. The van der Waals surface area contributed by atoms with Crippen LogP contribution in [0.1, 0.15) is 17.5 Å². The molecule has 1 unspecified atom stereocenters. The van der Waals surface area contributed by atoms with Crippen LogP contribution < -0.4 is 20.1 Å². The first-order valence-electron chi connectivity index (χ1n) is 9.63. The lowest BCUT2D eigenvalue weighted by Crippen LogP contribution is -2.56. The number of piperazine rings is 1. The van der Waals surface area contributed by atoms with Crippen molar-refractivity contribution in [3.8, 4) is 11.5 Å². The van der Waals surface area contributed by atoms with Gasteiger partial charge in [-0.3, -0.25) is 14.5 Å². The number of hydrogen-bond acceptors (Lipinski definition) is 5. The standard InChI is InChI=1S/C22H27N3O4/c1-28-18-10-17(11-19(12-18)29-2)14-24-21(26)13-20-22(27)23-8-9-25(20)15-16-6-4-3-5-7-16/h3-7,10-12,20H,8-9,13-15H2,1-2H3,(H,23,27)(H,24,26). The molecule has 1 aliphatic heterocycles. The Balaban J connectivity index is 1.61. The first-order chi connectivity index (χ1) is 14.1. The number of ether oxygens (including phenoxy) is 2. The molecular formula is C22H27N3O4. The Kier molecular flexibility index (Phi) is 7.08. The lowest BCUT2D eigenvalue weighted by Gasteiger charge is -2.34. The fourth-order valence-electron chi connectivity index (χ4n) is 3.41. The van der Waals surface area contributed by atoms with E-state index < -0.39 is 6.04 Å². The monoisotopic (exact) mass is 397 g/mol. The van der Waals surface area contributed by atoms with Gasteiger partial charge >= 0.3 is 0 Å². The van der Waals surface area contributed by atoms with E-state index in [1.807, 2.05) is 42.5 Å². The van der Waals surface area contributed by atoms with Crippen LogP contribution in [0.4, 0.5) is 0 Å². The number of hydrogen-bond donors (Lipinski definition) is 2. The van der Waals surface area contributed by atoms with Crippen LogP contribution in [0.5, 0.6) is 11.5 Å². The van der Waals surface area contributed by atoms with E-state index in [1.165, 1.54) is 0 Å².